The van der Waals surface area contributed by atoms with Crippen molar-refractivity contribution in [2.24, 2.45) is 5.92 Å². The Kier molecular flexibility index (Phi) is 5.63. The number of esters is 1. The standard InChI is InChI=1S/C19H24N4O4/c1-5-10-27-18(24)15-12(3)22-19-20-11-21-23(19)16(15)13-8-7-9-14(25-4)17(13)26-6-2/h7-9,11,15-16H,3,5-6,10H2,1-2,4H3,(H,20,21,22)/t15-,16+/m1/s1. The molecule has 1 aromatic heterocycles. The van der Waals surface area contributed by atoms with Gasteiger partial charge in [-0.25, -0.2) is 4.68 Å². The van der Waals surface area contributed by atoms with Crippen LogP contribution in [0.4, 0.5) is 5.95 Å². The van der Waals surface area contributed by atoms with Gasteiger partial charge in [-0.15, -0.1) is 0 Å². The minimum Gasteiger partial charge on any atom is -0.493 e. The molecular formula is C19H24N4O4. The number of nitrogens with zero attached hydrogens (tertiary/aromatic N) is 3. The van der Waals surface area contributed by atoms with Crippen LogP contribution in [-0.4, -0.2) is 41.1 Å². The third-order valence-electron chi connectivity index (χ3n) is 4.34. The third kappa shape index (κ3) is 3.47. The van der Waals surface area contributed by atoms with Crippen LogP contribution in [0.15, 0.2) is 36.8 Å². The van der Waals surface area contributed by atoms with Gasteiger partial charge in [0.25, 0.3) is 0 Å². The van der Waals surface area contributed by atoms with Gasteiger partial charge in [0.1, 0.15) is 18.3 Å². The van der Waals surface area contributed by atoms with Gasteiger partial charge >= 0.3 is 5.97 Å². The molecule has 8 nitrogen and oxygen atoms in total. The molecule has 0 amide bonds. The van der Waals surface area contributed by atoms with Crippen LogP contribution in [0.2, 0.25) is 0 Å². The van der Waals surface area contributed by atoms with Crippen molar-refractivity contribution in [2.75, 3.05) is 25.6 Å². The number of rotatable bonds is 7. The average Bonchev–Trinajstić information content (AvgIpc) is 3.13. The van der Waals surface area contributed by atoms with Crippen LogP contribution >= 0.6 is 0 Å². The number of ether oxygens (including phenoxy) is 3. The van der Waals surface area contributed by atoms with Gasteiger partial charge in [-0.05, 0) is 19.4 Å². The van der Waals surface area contributed by atoms with E-state index in [1.807, 2.05) is 32.0 Å². The van der Waals surface area contributed by atoms with E-state index < -0.39 is 12.0 Å². The van der Waals surface area contributed by atoms with Crippen molar-refractivity contribution in [3.05, 3.63) is 42.4 Å². The molecule has 2 atom stereocenters. The molecule has 0 unspecified atom stereocenters. The lowest BCUT2D eigenvalue weighted by atomic mass is 9.88. The molecule has 27 heavy (non-hydrogen) atoms. The lowest BCUT2D eigenvalue weighted by Gasteiger charge is -2.34. The molecular weight excluding hydrogens is 348 g/mol. The van der Waals surface area contributed by atoms with Crippen LogP contribution in [0.25, 0.3) is 0 Å². The molecule has 144 valence electrons. The highest BCUT2D eigenvalue weighted by molar-refractivity contribution is 5.79. The maximum absolute atomic E-state index is 12.8. The van der Waals surface area contributed by atoms with Gasteiger partial charge in [-0.2, -0.15) is 10.1 Å². The molecule has 0 bridgehead atoms. The summed E-state index contributed by atoms with van der Waals surface area (Å²) in [6, 6.07) is 5.04. The zero-order valence-electron chi connectivity index (χ0n) is 15.8. The highest BCUT2D eigenvalue weighted by Gasteiger charge is 2.42. The number of methoxy groups -OCH3 is 1. The molecule has 0 fully saturated rings. The fourth-order valence-corrected chi connectivity index (χ4v) is 3.20. The number of anilines is 1. The fraction of sp³-hybridized carbons (Fsp3) is 0.421. The maximum Gasteiger partial charge on any atom is 0.317 e. The zero-order chi connectivity index (χ0) is 19.4. The van der Waals surface area contributed by atoms with Crippen molar-refractivity contribution in [1.82, 2.24) is 14.8 Å². The Morgan fingerprint density at radius 1 is 1.37 bits per heavy atom. The summed E-state index contributed by atoms with van der Waals surface area (Å²) in [6.45, 7) is 8.67. The van der Waals surface area contributed by atoms with Crippen molar-refractivity contribution < 1.29 is 19.0 Å². The summed E-state index contributed by atoms with van der Waals surface area (Å²) >= 11 is 0. The zero-order valence-corrected chi connectivity index (χ0v) is 15.8. The Morgan fingerprint density at radius 3 is 2.89 bits per heavy atom. The number of para-hydroxylation sites is 1. The number of carbonyl (C=O) groups excluding carboxylic acids is 1. The fourth-order valence-electron chi connectivity index (χ4n) is 3.20. The maximum atomic E-state index is 12.8. The number of hydrogen-bond acceptors (Lipinski definition) is 7. The molecule has 1 N–H and O–H groups in total. The highest BCUT2D eigenvalue weighted by atomic mass is 16.5. The van der Waals surface area contributed by atoms with Crippen molar-refractivity contribution in [3.63, 3.8) is 0 Å². The van der Waals surface area contributed by atoms with Crippen LogP contribution in [0.1, 0.15) is 31.9 Å². The summed E-state index contributed by atoms with van der Waals surface area (Å²) in [7, 11) is 1.58. The van der Waals surface area contributed by atoms with Gasteiger partial charge in [-0.1, -0.05) is 25.6 Å². The van der Waals surface area contributed by atoms with E-state index in [-0.39, 0.29) is 5.97 Å². The second-order valence-electron chi connectivity index (χ2n) is 6.08. The number of benzene rings is 1. The van der Waals surface area contributed by atoms with Gasteiger partial charge in [0.15, 0.2) is 11.5 Å². The molecule has 0 radical (unpaired) electrons. The first-order valence-electron chi connectivity index (χ1n) is 8.94. The van der Waals surface area contributed by atoms with E-state index in [4.69, 9.17) is 14.2 Å². The number of hydrogen-bond donors (Lipinski definition) is 1. The smallest absolute Gasteiger partial charge is 0.317 e. The summed E-state index contributed by atoms with van der Waals surface area (Å²) in [6.07, 6.45) is 2.17. The van der Waals surface area contributed by atoms with Crippen LogP contribution in [-0.2, 0) is 9.53 Å². The van der Waals surface area contributed by atoms with Crippen LogP contribution in [0.5, 0.6) is 11.5 Å². The molecule has 0 saturated carbocycles. The second-order valence-corrected chi connectivity index (χ2v) is 6.08. The summed E-state index contributed by atoms with van der Waals surface area (Å²) in [5, 5.41) is 7.37. The van der Waals surface area contributed by atoms with Crippen LogP contribution in [0, 0.1) is 5.92 Å². The molecule has 0 aliphatic carbocycles. The predicted octanol–water partition coefficient (Wildman–Crippen LogP) is 2.78. The summed E-state index contributed by atoms with van der Waals surface area (Å²) in [5.74, 6) is 0.607. The Hall–Kier alpha value is -3.03. The van der Waals surface area contributed by atoms with E-state index in [0.29, 0.717) is 36.4 Å². The molecule has 2 heterocycles. The Bertz CT molecular complexity index is 833. The molecule has 2 aromatic rings. The van der Waals surface area contributed by atoms with Crippen LogP contribution < -0.4 is 14.8 Å². The SMILES string of the molecule is C=C1Nc2ncnn2[C@@H](c2cccc(OC)c2OCC)[C@@H]1C(=O)OCCC. The average molecular weight is 372 g/mol. The number of aromatic nitrogens is 3. The Morgan fingerprint density at radius 2 is 2.19 bits per heavy atom. The minimum atomic E-state index is -0.683. The summed E-state index contributed by atoms with van der Waals surface area (Å²) in [4.78, 5) is 17.1. The molecule has 0 saturated heterocycles. The molecule has 3 rings (SSSR count). The first-order chi connectivity index (χ1) is 13.1. The second kappa shape index (κ2) is 8.11. The third-order valence-corrected chi connectivity index (χ3v) is 4.34. The van der Waals surface area contributed by atoms with E-state index in [2.05, 4.69) is 22.0 Å². The van der Waals surface area contributed by atoms with Crippen LogP contribution in [0.3, 0.4) is 0 Å². The van der Waals surface area contributed by atoms with Crippen molar-refractivity contribution in [3.8, 4) is 11.5 Å². The molecule has 8 heteroatoms. The summed E-state index contributed by atoms with van der Waals surface area (Å²) in [5.41, 5.74) is 1.26. The number of carbonyl (C=O) groups is 1. The van der Waals surface area contributed by atoms with E-state index in [9.17, 15) is 4.79 Å². The first-order valence-corrected chi connectivity index (χ1v) is 8.94. The van der Waals surface area contributed by atoms with E-state index in [1.54, 1.807) is 11.8 Å². The highest BCUT2D eigenvalue weighted by Crippen LogP contribution is 2.44. The Labute approximate surface area is 158 Å². The molecule has 1 aliphatic heterocycles. The van der Waals surface area contributed by atoms with E-state index in [0.717, 1.165) is 12.0 Å². The number of fused-ring (bicyclic) bond motifs is 1. The quantitative estimate of drug-likeness (QED) is 0.748. The van der Waals surface area contributed by atoms with Gasteiger partial charge in [0.2, 0.25) is 5.95 Å². The van der Waals surface area contributed by atoms with Gasteiger partial charge in [0.05, 0.1) is 20.3 Å². The Balaban J connectivity index is 2.14. The molecule has 0 spiro atoms. The van der Waals surface area contributed by atoms with Gasteiger partial charge < -0.3 is 19.5 Å². The van der Waals surface area contributed by atoms with Crippen molar-refractivity contribution in [1.29, 1.82) is 0 Å². The number of nitrogens with one attached hydrogen (secondary N) is 1. The van der Waals surface area contributed by atoms with E-state index >= 15 is 0 Å². The largest absolute Gasteiger partial charge is 0.493 e. The minimum absolute atomic E-state index is 0.343. The summed E-state index contributed by atoms with van der Waals surface area (Å²) < 4.78 is 18.4. The molecule has 1 aromatic carbocycles. The predicted molar refractivity (Wildman–Crippen MR) is 99.8 cm³/mol. The van der Waals surface area contributed by atoms with E-state index in [1.165, 1.54) is 6.33 Å². The molecule has 1 aliphatic rings. The monoisotopic (exact) mass is 372 g/mol. The van der Waals surface area contributed by atoms with Gasteiger partial charge in [-0.3, -0.25) is 4.79 Å². The normalized spacial score (nSPS) is 18.4. The lowest BCUT2D eigenvalue weighted by Crippen LogP contribution is -2.38. The van der Waals surface area contributed by atoms with Crippen molar-refractivity contribution in [2.45, 2.75) is 26.3 Å². The van der Waals surface area contributed by atoms with Crippen molar-refractivity contribution >= 4 is 11.9 Å². The first kappa shape index (κ1) is 18.8. The van der Waals surface area contributed by atoms with Gasteiger partial charge in [0, 0.05) is 11.3 Å². The lowest BCUT2D eigenvalue weighted by molar-refractivity contribution is -0.148. The topological polar surface area (TPSA) is 87.5 Å².